The van der Waals surface area contributed by atoms with Gasteiger partial charge in [0.2, 0.25) is 9.70 Å². The first-order valence-corrected chi connectivity index (χ1v) is 10.3. The summed E-state index contributed by atoms with van der Waals surface area (Å²) in [5.74, 6) is -0.193. The summed E-state index contributed by atoms with van der Waals surface area (Å²) in [5, 5.41) is 9.08. The van der Waals surface area contributed by atoms with Gasteiger partial charge in [0.15, 0.2) is 5.11 Å². The number of hydrogen-bond donors (Lipinski definition) is 3. The van der Waals surface area contributed by atoms with Crippen LogP contribution in [0, 0.1) is 0 Å². The first-order chi connectivity index (χ1) is 12.2. The van der Waals surface area contributed by atoms with Crippen LogP contribution >= 0.6 is 47.0 Å². The highest BCUT2D eigenvalue weighted by molar-refractivity contribution is 7.80. The molecule has 0 saturated carbocycles. The molecule has 0 spiro atoms. The van der Waals surface area contributed by atoms with E-state index >= 15 is 0 Å². The summed E-state index contributed by atoms with van der Waals surface area (Å²) < 4.78 is -1.74. The molecule has 0 heterocycles. The van der Waals surface area contributed by atoms with Crippen molar-refractivity contribution in [2.24, 2.45) is 0 Å². The Hall–Kier alpha value is -0.750. The number of nitrogens with one attached hydrogen (secondary N) is 3. The third-order valence-electron chi connectivity index (χ3n) is 3.90. The van der Waals surface area contributed by atoms with E-state index in [0.29, 0.717) is 6.42 Å². The molecule has 4 nitrogen and oxygen atoms in total. The largest absolute Gasteiger partial charge is 0.339 e. The Morgan fingerprint density at radius 3 is 2.15 bits per heavy atom. The predicted octanol–water partition coefficient (Wildman–Crippen LogP) is 5.10. The quantitative estimate of drug-likeness (QED) is 0.300. The van der Waals surface area contributed by atoms with Gasteiger partial charge in [0, 0.05) is 12.1 Å². The van der Waals surface area contributed by atoms with Gasteiger partial charge in [-0.15, -0.1) is 0 Å². The maximum Gasteiger partial charge on any atom is 0.228 e. The van der Waals surface area contributed by atoms with E-state index in [9.17, 15) is 4.79 Å². The Bertz CT molecular complexity index is 598. The molecule has 0 aromatic heterocycles. The average molecular weight is 439 g/mol. The summed E-state index contributed by atoms with van der Waals surface area (Å²) in [6.07, 6.45) is 2.84. The monoisotopic (exact) mass is 437 g/mol. The van der Waals surface area contributed by atoms with Crippen molar-refractivity contribution in [1.29, 1.82) is 0 Å². The lowest BCUT2D eigenvalue weighted by atomic mass is 10.0. The second-order valence-electron chi connectivity index (χ2n) is 5.90. The van der Waals surface area contributed by atoms with Crippen molar-refractivity contribution >= 4 is 63.7 Å². The third kappa shape index (κ3) is 7.47. The van der Waals surface area contributed by atoms with Crippen LogP contribution in [0.5, 0.6) is 0 Å². The second kappa shape index (κ2) is 11.2. The van der Waals surface area contributed by atoms with Crippen LogP contribution < -0.4 is 16.0 Å². The molecule has 8 heteroatoms. The number of anilines is 1. The van der Waals surface area contributed by atoms with Crippen LogP contribution in [0.25, 0.3) is 0 Å². The summed E-state index contributed by atoms with van der Waals surface area (Å²) in [4.78, 5) is 12.0. The molecular formula is C18H26Cl3N3OS. The highest BCUT2D eigenvalue weighted by Gasteiger charge is 2.34. The Morgan fingerprint density at radius 1 is 1.12 bits per heavy atom. The van der Waals surface area contributed by atoms with Crippen molar-refractivity contribution in [1.82, 2.24) is 10.6 Å². The number of hydrogen-bond acceptors (Lipinski definition) is 2. The molecule has 0 saturated heterocycles. The zero-order valence-electron chi connectivity index (χ0n) is 15.3. The number of carbonyl (C=O) groups is 1. The van der Waals surface area contributed by atoms with Crippen LogP contribution in [0.1, 0.15) is 51.2 Å². The molecule has 3 N–H and O–H groups in total. The van der Waals surface area contributed by atoms with E-state index in [2.05, 4.69) is 29.8 Å². The summed E-state index contributed by atoms with van der Waals surface area (Å²) in [5.41, 5.74) is 3.24. The summed E-state index contributed by atoms with van der Waals surface area (Å²) >= 11 is 23.4. The molecule has 0 radical (unpaired) electrons. The minimum Gasteiger partial charge on any atom is -0.339 e. The van der Waals surface area contributed by atoms with Crippen molar-refractivity contribution in [3.05, 3.63) is 29.3 Å². The number of benzene rings is 1. The fraction of sp³-hybridized carbons (Fsp3) is 0.556. The first kappa shape index (κ1) is 23.3. The molecular weight excluding hydrogens is 413 g/mol. The number of carbonyl (C=O) groups excluding carboxylic acids is 1. The first-order valence-electron chi connectivity index (χ1n) is 8.77. The smallest absolute Gasteiger partial charge is 0.228 e. The number of para-hydroxylation sites is 1. The molecule has 26 heavy (non-hydrogen) atoms. The fourth-order valence-corrected chi connectivity index (χ4v) is 3.00. The van der Waals surface area contributed by atoms with Crippen LogP contribution in [0.15, 0.2) is 18.2 Å². The number of unbranched alkanes of at least 4 members (excludes halogenated alkanes) is 1. The van der Waals surface area contributed by atoms with Gasteiger partial charge in [-0.05, 0) is 42.6 Å². The van der Waals surface area contributed by atoms with E-state index in [-0.39, 0.29) is 11.0 Å². The molecule has 146 valence electrons. The van der Waals surface area contributed by atoms with Gasteiger partial charge in [0.1, 0.15) is 6.17 Å². The van der Waals surface area contributed by atoms with E-state index < -0.39 is 9.96 Å². The number of alkyl halides is 3. The second-order valence-corrected chi connectivity index (χ2v) is 8.68. The molecule has 0 fully saturated rings. The van der Waals surface area contributed by atoms with Gasteiger partial charge in [-0.2, -0.15) is 0 Å². The summed E-state index contributed by atoms with van der Waals surface area (Å²) in [6, 6.07) is 6.11. The lowest BCUT2D eigenvalue weighted by molar-refractivity contribution is -0.122. The molecule has 1 unspecified atom stereocenters. The van der Waals surface area contributed by atoms with Gasteiger partial charge >= 0.3 is 0 Å². The average Bonchev–Trinajstić information content (AvgIpc) is 2.58. The summed E-state index contributed by atoms with van der Waals surface area (Å²) in [7, 11) is 0. The third-order valence-corrected chi connectivity index (χ3v) is 4.78. The van der Waals surface area contributed by atoms with Gasteiger partial charge in [-0.3, -0.25) is 4.79 Å². The molecule has 1 aromatic rings. The van der Waals surface area contributed by atoms with Crippen molar-refractivity contribution < 1.29 is 4.79 Å². The molecule has 1 aromatic carbocycles. The minimum atomic E-state index is -1.74. The Morgan fingerprint density at radius 2 is 1.69 bits per heavy atom. The van der Waals surface area contributed by atoms with Gasteiger partial charge in [-0.1, -0.05) is 80.2 Å². The van der Waals surface area contributed by atoms with Gasteiger partial charge in [-0.25, -0.2) is 0 Å². The van der Waals surface area contributed by atoms with E-state index in [1.165, 1.54) is 0 Å². The Balaban J connectivity index is 2.87. The van der Waals surface area contributed by atoms with Gasteiger partial charge in [0.05, 0.1) is 0 Å². The standard InChI is InChI=1S/C18H26Cl3N3OS/c1-4-7-11-14(25)22-16(18(19,20)21)24-17(26)23-15-12(5-2)9-8-10-13(15)6-3/h8-10,16H,4-7,11H2,1-3H3,(H,22,25)(H2,23,24,26). The normalized spacial score (nSPS) is 12.4. The molecule has 1 amide bonds. The highest BCUT2D eigenvalue weighted by Crippen LogP contribution is 2.29. The molecule has 0 aliphatic heterocycles. The molecule has 0 aliphatic carbocycles. The van der Waals surface area contributed by atoms with Crippen molar-refractivity contribution in [3.63, 3.8) is 0 Å². The highest BCUT2D eigenvalue weighted by atomic mass is 35.6. The molecule has 1 atom stereocenters. The van der Waals surface area contributed by atoms with Crippen LogP contribution in [0.4, 0.5) is 5.69 Å². The van der Waals surface area contributed by atoms with Crippen molar-refractivity contribution in [2.45, 2.75) is 62.8 Å². The Labute approximate surface area is 176 Å². The summed E-state index contributed by atoms with van der Waals surface area (Å²) in [6.45, 7) is 6.16. The number of thiocarbonyl (C=S) groups is 1. The van der Waals surface area contributed by atoms with E-state index in [0.717, 1.165) is 42.5 Å². The number of halogens is 3. The van der Waals surface area contributed by atoms with E-state index in [4.69, 9.17) is 47.0 Å². The molecule has 0 bridgehead atoms. The Kier molecular flexibility index (Phi) is 10.0. The lowest BCUT2D eigenvalue weighted by Crippen LogP contribution is -2.56. The number of amides is 1. The van der Waals surface area contributed by atoms with Crippen LogP contribution in [0.3, 0.4) is 0 Å². The topological polar surface area (TPSA) is 53.2 Å². The predicted molar refractivity (Wildman–Crippen MR) is 116 cm³/mol. The lowest BCUT2D eigenvalue weighted by Gasteiger charge is -2.28. The molecule has 0 aliphatic rings. The minimum absolute atomic E-state index is 0.193. The maximum absolute atomic E-state index is 12.0. The van der Waals surface area contributed by atoms with E-state index in [1.807, 2.05) is 25.1 Å². The van der Waals surface area contributed by atoms with Crippen molar-refractivity contribution in [3.8, 4) is 0 Å². The van der Waals surface area contributed by atoms with Gasteiger partial charge < -0.3 is 16.0 Å². The van der Waals surface area contributed by atoms with Crippen LogP contribution in [-0.4, -0.2) is 21.0 Å². The molecule has 1 rings (SSSR count). The van der Waals surface area contributed by atoms with Gasteiger partial charge in [0.25, 0.3) is 0 Å². The van der Waals surface area contributed by atoms with E-state index in [1.54, 1.807) is 0 Å². The zero-order chi connectivity index (χ0) is 19.7. The fourth-order valence-electron chi connectivity index (χ4n) is 2.45. The maximum atomic E-state index is 12.0. The van der Waals surface area contributed by atoms with Crippen LogP contribution in [-0.2, 0) is 17.6 Å². The SMILES string of the molecule is CCCCC(=O)NC(NC(=S)Nc1c(CC)cccc1CC)C(Cl)(Cl)Cl. The van der Waals surface area contributed by atoms with Crippen LogP contribution in [0.2, 0.25) is 0 Å². The van der Waals surface area contributed by atoms with Crippen molar-refractivity contribution in [2.75, 3.05) is 5.32 Å². The zero-order valence-corrected chi connectivity index (χ0v) is 18.4. The number of aryl methyl sites for hydroxylation is 2. The number of rotatable bonds is 8.